The molecule has 31 heavy (non-hydrogen) atoms. The first-order valence-electron chi connectivity index (χ1n) is 10.2. The van der Waals surface area contributed by atoms with Gasteiger partial charge >= 0.3 is 0 Å². The van der Waals surface area contributed by atoms with Crippen LogP contribution < -0.4 is 25.3 Å². The highest BCUT2D eigenvalue weighted by Crippen LogP contribution is 2.36. The van der Waals surface area contributed by atoms with Crippen LogP contribution in [0.5, 0.6) is 17.2 Å². The van der Waals surface area contributed by atoms with Crippen LogP contribution in [0.1, 0.15) is 25.3 Å². The van der Waals surface area contributed by atoms with Crippen molar-refractivity contribution < 1.29 is 18.9 Å². The molecule has 7 nitrogen and oxygen atoms in total. The molecule has 0 bridgehead atoms. The van der Waals surface area contributed by atoms with Crippen molar-refractivity contribution in [3.05, 3.63) is 48.0 Å². The second-order valence-electron chi connectivity index (χ2n) is 7.25. The number of ether oxygens (including phenoxy) is 4. The van der Waals surface area contributed by atoms with Gasteiger partial charge in [0.25, 0.3) is 0 Å². The van der Waals surface area contributed by atoms with Crippen molar-refractivity contribution >= 4 is 35.6 Å². The number of benzene rings is 2. The lowest BCUT2D eigenvalue weighted by Crippen LogP contribution is -2.38. The Balaban J connectivity index is 0.00000341. The van der Waals surface area contributed by atoms with Gasteiger partial charge < -0.3 is 30.0 Å². The van der Waals surface area contributed by atoms with Crippen molar-refractivity contribution in [1.29, 1.82) is 0 Å². The third kappa shape index (κ3) is 6.39. The molecule has 2 aromatic rings. The predicted molar refractivity (Wildman–Crippen MR) is 134 cm³/mol. The van der Waals surface area contributed by atoms with Crippen molar-refractivity contribution in [1.82, 2.24) is 0 Å². The van der Waals surface area contributed by atoms with Crippen LogP contribution in [0.3, 0.4) is 0 Å². The average Bonchev–Trinajstić information content (AvgIpc) is 2.79. The molecule has 0 amide bonds. The van der Waals surface area contributed by atoms with Crippen LogP contribution in [0.15, 0.2) is 47.5 Å². The molecule has 170 valence electrons. The zero-order valence-electron chi connectivity index (χ0n) is 18.3. The number of nitrogens with two attached hydrogens (primary N) is 1. The molecule has 1 fully saturated rings. The summed E-state index contributed by atoms with van der Waals surface area (Å²) in [6.07, 6.45) is 1.79. The summed E-state index contributed by atoms with van der Waals surface area (Å²) in [6.45, 7) is 4.64. The fourth-order valence-electron chi connectivity index (χ4n) is 3.71. The maximum absolute atomic E-state index is 6.20. The Hall–Kier alpha value is -2.20. The molecule has 1 saturated heterocycles. The Kier molecular flexibility index (Phi) is 9.70. The molecule has 8 heteroatoms. The minimum absolute atomic E-state index is 0. The number of nitrogens with zero attached hydrogens (tertiary/aromatic N) is 1. The molecule has 0 spiro atoms. The molecule has 2 aromatic carbocycles. The van der Waals surface area contributed by atoms with Crippen LogP contribution in [0, 0.1) is 0 Å². The van der Waals surface area contributed by atoms with Gasteiger partial charge in [-0.3, -0.25) is 4.99 Å². The lowest BCUT2D eigenvalue weighted by Gasteiger charge is -2.36. The number of hydrogen-bond acceptors (Lipinski definition) is 5. The lowest BCUT2D eigenvalue weighted by molar-refractivity contribution is 0.0531. The molecule has 3 N–H and O–H groups in total. The van der Waals surface area contributed by atoms with E-state index in [1.807, 2.05) is 37.3 Å². The van der Waals surface area contributed by atoms with Crippen LogP contribution in [0.2, 0.25) is 0 Å². The molecule has 0 aliphatic carbocycles. The minimum atomic E-state index is -0.104. The van der Waals surface area contributed by atoms with E-state index in [1.165, 1.54) is 5.56 Å². The molecule has 0 radical (unpaired) electrons. The normalized spacial score (nSPS) is 15.5. The Morgan fingerprint density at radius 1 is 1.06 bits per heavy atom. The van der Waals surface area contributed by atoms with Crippen molar-refractivity contribution in [3.8, 4) is 17.2 Å². The van der Waals surface area contributed by atoms with Gasteiger partial charge in [0, 0.05) is 30.4 Å². The average molecular weight is 541 g/mol. The summed E-state index contributed by atoms with van der Waals surface area (Å²) in [6, 6.07) is 13.8. The topological polar surface area (TPSA) is 87.3 Å². The number of anilines is 1. The number of halogens is 1. The Morgan fingerprint density at radius 3 is 2.35 bits per heavy atom. The van der Waals surface area contributed by atoms with E-state index in [2.05, 4.69) is 22.4 Å². The van der Waals surface area contributed by atoms with Crippen LogP contribution >= 0.6 is 24.0 Å². The van der Waals surface area contributed by atoms with Crippen molar-refractivity contribution in [2.24, 2.45) is 10.7 Å². The van der Waals surface area contributed by atoms with Gasteiger partial charge in [-0.15, -0.1) is 24.0 Å². The van der Waals surface area contributed by atoms with Crippen molar-refractivity contribution in [2.45, 2.75) is 25.2 Å². The summed E-state index contributed by atoms with van der Waals surface area (Å²) in [5.41, 5.74) is 8.12. The zero-order valence-corrected chi connectivity index (χ0v) is 20.7. The fraction of sp³-hybridized carbons (Fsp3) is 0.435. The quantitative estimate of drug-likeness (QED) is 0.296. The molecule has 0 aromatic heterocycles. The van der Waals surface area contributed by atoms with E-state index in [1.54, 1.807) is 14.2 Å². The number of rotatable bonds is 8. The van der Waals surface area contributed by atoms with Gasteiger partial charge in [-0.05, 0) is 49.6 Å². The molecule has 1 heterocycles. The van der Waals surface area contributed by atoms with Crippen LogP contribution in [0.4, 0.5) is 5.69 Å². The van der Waals surface area contributed by atoms with E-state index in [0.29, 0.717) is 43.8 Å². The largest absolute Gasteiger partial charge is 0.494 e. The summed E-state index contributed by atoms with van der Waals surface area (Å²) < 4.78 is 21.8. The standard InChI is InChI=1S/C23H31N3O4.HI/c1-4-30-19-8-5-17(6-9-19)23(11-13-29-14-12-23)16-25-22(24)26-18-7-10-20(27-2)21(15-18)28-3;/h5-10,15H,4,11-14,16H2,1-3H3,(H3,24,25,26);1H. The monoisotopic (exact) mass is 541 g/mol. The third-order valence-corrected chi connectivity index (χ3v) is 5.44. The number of hydrogen-bond donors (Lipinski definition) is 2. The molecular weight excluding hydrogens is 509 g/mol. The molecule has 1 aliphatic heterocycles. The summed E-state index contributed by atoms with van der Waals surface area (Å²) in [4.78, 5) is 4.67. The number of nitrogens with one attached hydrogen (secondary N) is 1. The lowest BCUT2D eigenvalue weighted by atomic mass is 9.74. The van der Waals surface area contributed by atoms with Gasteiger partial charge in [-0.2, -0.15) is 0 Å². The molecular formula is C23H32IN3O4. The second kappa shape index (κ2) is 12.0. The maximum Gasteiger partial charge on any atom is 0.193 e. The first-order valence-corrected chi connectivity index (χ1v) is 10.2. The molecule has 3 rings (SSSR count). The summed E-state index contributed by atoms with van der Waals surface area (Å²) >= 11 is 0. The van der Waals surface area contributed by atoms with Crippen LogP contribution in [0.25, 0.3) is 0 Å². The number of guanidine groups is 1. The van der Waals surface area contributed by atoms with Gasteiger partial charge in [0.05, 0.1) is 27.4 Å². The highest BCUT2D eigenvalue weighted by atomic mass is 127. The van der Waals surface area contributed by atoms with E-state index in [0.717, 1.165) is 24.3 Å². The highest BCUT2D eigenvalue weighted by Gasteiger charge is 2.34. The first-order chi connectivity index (χ1) is 14.6. The van der Waals surface area contributed by atoms with E-state index in [9.17, 15) is 0 Å². The highest BCUT2D eigenvalue weighted by molar-refractivity contribution is 14.0. The third-order valence-electron chi connectivity index (χ3n) is 5.44. The maximum atomic E-state index is 6.20. The number of aliphatic imine (C=N–C) groups is 1. The smallest absolute Gasteiger partial charge is 0.193 e. The van der Waals surface area contributed by atoms with Gasteiger partial charge in [0.15, 0.2) is 17.5 Å². The molecule has 0 saturated carbocycles. The first kappa shape index (κ1) is 25.1. The van der Waals surface area contributed by atoms with Gasteiger partial charge in [-0.25, -0.2) is 0 Å². The fourth-order valence-corrected chi connectivity index (χ4v) is 3.71. The summed E-state index contributed by atoms with van der Waals surface area (Å²) in [5.74, 6) is 2.53. The Bertz CT molecular complexity index is 852. The van der Waals surface area contributed by atoms with Crippen LogP contribution in [-0.2, 0) is 10.2 Å². The Morgan fingerprint density at radius 2 is 1.74 bits per heavy atom. The van der Waals surface area contributed by atoms with E-state index in [4.69, 9.17) is 24.7 Å². The zero-order chi connectivity index (χ0) is 21.4. The van der Waals surface area contributed by atoms with E-state index in [-0.39, 0.29) is 29.4 Å². The summed E-state index contributed by atoms with van der Waals surface area (Å²) in [7, 11) is 3.21. The molecule has 1 aliphatic rings. The van der Waals surface area contributed by atoms with E-state index >= 15 is 0 Å². The SMILES string of the molecule is CCOc1ccc(C2(CN=C(N)Nc3ccc(OC)c(OC)c3)CCOCC2)cc1.I. The number of methoxy groups -OCH3 is 2. The van der Waals surface area contributed by atoms with Gasteiger partial charge in [0.1, 0.15) is 5.75 Å². The minimum Gasteiger partial charge on any atom is -0.494 e. The van der Waals surface area contributed by atoms with Crippen LogP contribution in [-0.4, -0.2) is 46.5 Å². The predicted octanol–water partition coefficient (Wildman–Crippen LogP) is 4.20. The van der Waals surface area contributed by atoms with E-state index < -0.39 is 0 Å². The molecule has 0 unspecified atom stereocenters. The molecule has 0 atom stereocenters. The second-order valence-corrected chi connectivity index (χ2v) is 7.25. The summed E-state index contributed by atoms with van der Waals surface area (Å²) in [5, 5.41) is 3.14. The van der Waals surface area contributed by atoms with Crippen molar-refractivity contribution in [2.75, 3.05) is 45.9 Å². The Labute approximate surface area is 201 Å². The van der Waals surface area contributed by atoms with Crippen molar-refractivity contribution in [3.63, 3.8) is 0 Å². The van der Waals surface area contributed by atoms with Gasteiger partial charge in [0.2, 0.25) is 0 Å². The van der Waals surface area contributed by atoms with Gasteiger partial charge in [-0.1, -0.05) is 12.1 Å².